The number of unbranched alkanes of at least 4 members (excludes halogenated alkanes) is 2. The van der Waals surface area contributed by atoms with Crippen LogP contribution < -0.4 is 5.32 Å². The lowest BCUT2D eigenvalue weighted by Gasteiger charge is -2.35. The number of carbonyl (C=O) groups is 1. The molecule has 1 N–H and O–H groups in total. The topological polar surface area (TPSA) is 48.0 Å². The molecule has 0 aliphatic carbocycles. The van der Waals surface area contributed by atoms with Crippen LogP contribution in [0, 0.1) is 0 Å². The number of ether oxygens (including phenoxy) is 1. The van der Waals surface area contributed by atoms with Crippen molar-refractivity contribution in [3.05, 3.63) is 0 Å². The number of likely N-dealkylation sites (tertiary alicyclic amines) is 1. The highest BCUT2D eigenvalue weighted by Crippen LogP contribution is 2.14. The van der Waals surface area contributed by atoms with E-state index in [9.17, 15) is 4.79 Å². The summed E-state index contributed by atoms with van der Waals surface area (Å²) >= 11 is 0. The Bertz CT molecular complexity index is 353. The van der Waals surface area contributed by atoms with Gasteiger partial charge in [-0.2, -0.15) is 0 Å². The number of carbonyl (C=O) groups excluding carboxylic acids is 1. The van der Waals surface area contributed by atoms with E-state index in [0.29, 0.717) is 6.54 Å². The Morgan fingerprint density at radius 2 is 1.83 bits per heavy atom. The monoisotopic (exact) mass is 340 g/mol. The SMILES string of the molecule is CN1CCC(N(C)CCCCCNC(=O)CN2CCOCC2)CC1. The fraction of sp³-hybridized carbons (Fsp3) is 0.944. The molecule has 2 rings (SSSR count). The molecule has 2 fully saturated rings. The van der Waals surface area contributed by atoms with Gasteiger partial charge >= 0.3 is 0 Å². The molecule has 2 saturated heterocycles. The van der Waals surface area contributed by atoms with Crippen LogP contribution in [0.15, 0.2) is 0 Å². The van der Waals surface area contributed by atoms with Crippen molar-refractivity contribution >= 4 is 5.91 Å². The van der Waals surface area contributed by atoms with Crippen LogP contribution in [-0.4, -0.2) is 99.8 Å². The molecule has 0 radical (unpaired) electrons. The van der Waals surface area contributed by atoms with E-state index in [0.717, 1.165) is 45.3 Å². The highest BCUT2D eigenvalue weighted by Gasteiger charge is 2.19. The molecule has 0 spiro atoms. The van der Waals surface area contributed by atoms with Gasteiger partial charge in [0, 0.05) is 25.7 Å². The zero-order valence-electron chi connectivity index (χ0n) is 15.6. The summed E-state index contributed by atoms with van der Waals surface area (Å²) in [6.07, 6.45) is 6.09. The summed E-state index contributed by atoms with van der Waals surface area (Å²) < 4.78 is 5.30. The highest BCUT2D eigenvalue weighted by atomic mass is 16.5. The van der Waals surface area contributed by atoms with E-state index >= 15 is 0 Å². The summed E-state index contributed by atoms with van der Waals surface area (Å²) in [5.41, 5.74) is 0. The number of nitrogens with one attached hydrogen (secondary N) is 1. The predicted molar refractivity (Wildman–Crippen MR) is 97.3 cm³/mol. The number of hydrogen-bond donors (Lipinski definition) is 1. The maximum absolute atomic E-state index is 11.9. The number of hydrogen-bond acceptors (Lipinski definition) is 5. The highest BCUT2D eigenvalue weighted by molar-refractivity contribution is 5.77. The Morgan fingerprint density at radius 1 is 1.12 bits per heavy atom. The molecule has 0 aromatic heterocycles. The first-order chi connectivity index (χ1) is 11.6. The van der Waals surface area contributed by atoms with Gasteiger partial charge in [-0.05, 0) is 59.4 Å². The van der Waals surface area contributed by atoms with Crippen molar-refractivity contribution in [2.45, 2.75) is 38.1 Å². The molecule has 2 aliphatic heterocycles. The quantitative estimate of drug-likeness (QED) is 0.624. The van der Waals surface area contributed by atoms with E-state index in [4.69, 9.17) is 4.74 Å². The maximum Gasteiger partial charge on any atom is 0.234 e. The first-order valence-electron chi connectivity index (χ1n) is 9.61. The molecular weight excluding hydrogens is 304 g/mol. The molecule has 2 heterocycles. The van der Waals surface area contributed by atoms with E-state index < -0.39 is 0 Å². The average Bonchev–Trinajstić information content (AvgIpc) is 2.59. The Labute approximate surface area is 147 Å². The number of morpholine rings is 1. The van der Waals surface area contributed by atoms with E-state index in [2.05, 4.69) is 34.1 Å². The Balaban J connectivity index is 1.44. The molecule has 0 unspecified atom stereocenters. The summed E-state index contributed by atoms with van der Waals surface area (Å²) in [7, 11) is 4.48. The van der Waals surface area contributed by atoms with Gasteiger partial charge in [0.05, 0.1) is 19.8 Å². The van der Waals surface area contributed by atoms with Crippen LogP contribution in [0.5, 0.6) is 0 Å². The van der Waals surface area contributed by atoms with Crippen molar-refractivity contribution in [1.29, 1.82) is 0 Å². The van der Waals surface area contributed by atoms with Crippen LogP contribution in [0.3, 0.4) is 0 Å². The van der Waals surface area contributed by atoms with Crippen LogP contribution in [0.1, 0.15) is 32.1 Å². The van der Waals surface area contributed by atoms with Gasteiger partial charge in [-0.15, -0.1) is 0 Å². The van der Waals surface area contributed by atoms with Gasteiger partial charge < -0.3 is 19.9 Å². The fourth-order valence-electron chi connectivity index (χ4n) is 3.53. The van der Waals surface area contributed by atoms with Crippen molar-refractivity contribution < 1.29 is 9.53 Å². The zero-order valence-corrected chi connectivity index (χ0v) is 15.6. The molecule has 0 saturated carbocycles. The second-order valence-electron chi connectivity index (χ2n) is 7.31. The molecule has 1 amide bonds. The summed E-state index contributed by atoms with van der Waals surface area (Å²) in [4.78, 5) is 19.0. The fourth-order valence-corrected chi connectivity index (χ4v) is 3.53. The van der Waals surface area contributed by atoms with Crippen molar-refractivity contribution in [1.82, 2.24) is 20.0 Å². The summed E-state index contributed by atoms with van der Waals surface area (Å²) in [6, 6.07) is 0.759. The summed E-state index contributed by atoms with van der Waals surface area (Å²) in [6.45, 7) is 8.19. The van der Waals surface area contributed by atoms with Crippen LogP contribution >= 0.6 is 0 Å². The van der Waals surface area contributed by atoms with E-state index in [-0.39, 0.29) is 5.91 Å². The molecule has 0 aromatic rings. The molecule has 0 aromatic carbocycles. The third-order valence-corrected chi connectivity index (χ3v) is 5.29. The zero-order chi connectivity index (χ0) is 17.2. The van der Waals surface area contributed by atoms with E-state index in [1.54, 1.807) is 0 Å². The third-order valence-electron chi connectivity index (χ3n) is 5.29. The normalized spacial score (nSPS) is 21.3. The van der Waals surface area contributed by atoms with Gasteiger partial charge in [0.1, 0.15) is 0 Å². The number of amides is 1. The minimum Gasteiger partial charge on any atom is -0.379 e. The van der Waals surface area contributed by atoms with Gasteiger partial charge in [0.15, 0.2) is 0 Å². The van der Waals surface area contributed by atoms with Gasteiger partial charge in [-0.3, -0.25) is 9.69 Å². The largest absolute Gasteiger partial charge is 0.379 e. The Hall–Kier alpha value is -0.690. The summed E-state index contributed by atoms with van der Waals surface area (Å²) in [5.74, 6) is 0.153. The second-order valence-corrected chi connectivity index (χ2v) is 7.31. The lowest BCUT2D eigenvalue weighted by Crippen LogP contribution is -2.43. The van der Waals surface area contributed by atoms with Crippen LogP contribution in [-0.2, 0) is 9.53 Å². The molecule has 6 heteroatoms. The Kier molecular flexibility index (Phi) is 9.02. The van der Waals surface area contributed by atoms with Crippen LogP contribution in [0.2, 0.25) is 0 Å². The first kappa shape index (κ1) is 19.6. The number of rotatable bonds is 9. The number of nitrogens with zero attached hydrogens (tertiary/aromatic N) is 3. The lowest BCUT2D eigenvalue weighted by atomic mass is 10.0. The van der Waals surface area contributed by atoms with Crippen molar-refractivity contribution in [2.75, 3.05) is 73.1 Å². The minimum absolute atomic E-state index is 0.153. The van der Waals surface area contributed by atoms with Crippen LogP contribution in [0.4, 0.5) is 0 Å². The third kappa shape index (κ3) is 7.47. The molecule has 6 nitrogen and oxygen atoms in total. The van der Waals surface area contributed by atoms with Crippen molar-refractivity contribution in [3.63, 3.8) is 0 Å². The molecule has 0 atom stereocenters. The lowest BCUT2D eigenvalue weighted by molar-refractivity contribution is -0.123. The molecule has 0 bridgehead atoms. The maximum atomic E-state index is 11.9. The van der Waals surface area contributed by atoms with Gasteiger partial charge in [0.2, 0.25) is 5.91 Å². The number of piperidine rings is 1. The van der Waals surface area contributed by atoms with Gasteiger partial charge in [-0.25, -0.2) is 0 Å². The summed E-state index contributed by atoms with van der Waals surface area (Å²) in [5, 5.41) is 3.05. The average molecular weight is 341 g/mol. The second kappa shape index (κ2) is 11.0. The van der Waals surface area contributed by atoms with Gasteiger partial charge in [0.25, 0.3) is 0 Å². The van der Waals surface area contributed by atoms with Crippen LogP contribution in [0.25, 0.3) is 0 Å². The predicted octanol–water partition coefficient (Wildman–Crippen LogP) is 0.631. The van der Waals surface area contributed by atoms with Crippen molar-refractivity contribution in [3.8, 4) is 0 Å². The van der Waals surface area contributed by atoms with E-state index in [1.165, 1.54) is 45.3 Å². The van der Waals surface area contributed by atoms with Gasteiger partial charge in [-0.1, -0.05) is 6.42 Å². The molecule has 24 heavy (non-hydrogen) atoms. The van der Waals surface area contributed by atoms with Crippen molar-refractivity contribution in [2.24, 2.45) is 0 Å². The molecule has 140 valence electrons. The smallest absolute Gasteiger partial charge is 0.234 e. The Morgan fingerprint density at radius 3 is 2.54 bits per heavy atom. The minimum atomic E-state index is 0.153. The standard InChI is InChI=1S/C18H36N4O2/c1-20-10-6-17(7-11-20)21(2)9-5-3-4-8-19-18(23)16-22-12-14-24-15-13-22/h17H,3-16H2,1-2H3,(H,19,23). The molecular formula is C18H36N4O2. The first-order valence-corrected chi connectivity index (χ1v) is 9.61. The molecule has 2 aliphatic rings. The van der Waals surface area contributed by atoms with E-state index in [1.807, 2.05) is 0 Å².